The van der Waals surface area contributed by atoms with Gasteiger partial charge in [-0.05, 0) is 90.5 Å². The van der Waals surface area contributed by atoms with E-state index in [4.69, 9.17) is 18.9 Å². The molecule has 12 nitrogen and oxygen atoms in total. The Morgan fingerprint density at radius 2 is 1.00 bits per heavy atom. The number of likely N-dealkylation sites (tertiary alicyclic amines) is 2. The second kappa shape index (κ2) is 15.7. The summed E-state index contributed by atoms with van der Waals surface area (Å²) in [5, 5.41) is 0. The molecular formula is C34H44N2O10. The first-order valence-corrected chi connectivity index (χ1v) is 15.4. The summed E-state index contributed by atoms with van der Waals surface area (Å²) in [6, 6.07) is 5.39. The average molecular weight is 641 g/mol. The SMILES string of the molecule is CC(C)(C)OC(=O)N1CCC[C@H]1C(=O)OCC(=O)/C=C/c1ccc(/C=C/C(=O)COC(=O)[C@@H]2CCCN2C(=O)OC(C)(C)C)cc1. The molecule has 0 radical (unpaired) electrons. The Kier molecular flexibility index (Phi) is 12.3. The van der Waals surface area contributed by atoms with E-state index in [0.717, 1.165) is 0 Å². The lowest BCUT2D eigenvalue weighted by Crippen LogP contribution is -2.44. The van der Waals surface area contributed by atoms with Crippen LogP contribution in [0.1, 0.15) is 78.4 Å². The van der Waals surface area contributed by atoms with Gasteiger partial charge in [0, 0.05) is 13.1 Å². The van der Waals surface area contributed by atoms with E-state index in [0.29, 0.717) is 49.9 Å². The maximum Gasteiger partial charge on any atom is 0.411 e. The smallest absolute Gasteiger partial charge is 0.411 e. The number of carbonyl (C=O) groups excluding carboxylic acids is 6. The Balaban J connectivity index is 1.42. The van der Waals surface area contributed by atoms with Crippen LogP contribution in [0.25, 0.3) is 12.2 Å². The van der Waals surface area contributed by atoms with Crippen molar-refractivity contribution < 1.29 is 47.7 Å². The van der Waals surface area contributed by atoms with Crippen molar-refractivity contribution in [3.8, 4) is 0 Å². The van der Waals surface area contributed by atoms with Crippen molar-refractivity contribution in [3.05, 3.63) is 47.5 Å². The number of esters is 2. The predicted octanol–water partition coefficient (Wildman–Crippen LogP) is 4.74. The van der Waals surface area contributed by atoms with Gasteiger partial charge in [-0.1, -0.05) is 36.4 Å². The Hall–Kier alpha value is -4.48. The summed E-state index contributed by atoms with van der Waals surface area (Å²) >= 11 is 0. The number of ether oxygens (including phenoxy) is 4. The van der Waals surface area contributed by atoms with Crippen LogP contribution >= 0.6 is 0 Å². The Morgan fingerprint density at radius 3 is 1.33 bits per heavy atom. The third-order valence-electron chi connectivity index (χ3n) is 6.88. The zero-order chi connectivity index (χ0) is 34.1. The predicted molar refractivity (Wildman–Crippen MR) is 168 cm³/mol. The Labute approximate surface area is 269 Å². The largest absolute Gasteiger partial charge is 0.456 e. The Morgan fingerprint density at radius 1 is 0.652 bits per heavy atom. The summed E-state index contributed by atoms with van der Waals surface area (Å²) in [6.07, 6.45) is 6.71. The molecule has 250 valence electrons. The molecule has 12 heteroatoms. The molecule has 2 saturated heterocycles. The highest BCUT2D eigenvalue weighted by atomic mass is 16.6. The van der Waals surface area contributed by atoms with E-state index in [-0.39, 0.29) is 0 Å². The van der Waals surface area contributed by atoms with Crippen LogP contribution in [0.3, 0.4) is 0 Å². The van der Waals surface area contributed by atoms with Gasteiger partial charge < -0.3 is 18.9 Å². The molecule has 2 atom stereocenters. The van der Waals surface area contributed by atoms with Gasteiger partial charge in [-0.25, -0.2) is 19.2 Å². The summed E-state index contributed by atoms with van der Waals surface area (Å²) in [7, 11) is 0. The molecule has 0 N–H and O–H groups in total. The molecule has 0 aromatic heterocycles. The minimum Gasteiger partial charge on any atom is -0.456 e. The molecule has 2 aliphatic rings. The van der Waals surface area contributed by atoms with Gasteiger partial charge in [0.1, 0.15) is 23.3 Å². The molecule has 1 aromatic rings. The van der Waals surface area contributed by atoms with Gasteiger partial charge in [-0.3, -0.25) is 19.4 Å². The van der Waals surface area contributed by atoms with Crippen molar-refractivity contribution in [2.24, 2.45) is 0 Å². The highest BCUT2D eigenvalue weighted by Gasteiger charge is 2.39. The lowest BCUT2D eigenvalue weighted by atomic mass is 10.1. The lowest BCUT2D eigenvalue weighted by molar-refractivity contribution is -0.151. The molecule has 3 rings (SSSR count). The van der Waals surface area contributed by atoms with Crippen molar-refractivity contribution in [3.63, 3.8) is 0 Å². The van der Waals surface area contributed by atoms with Crippen molar-refractivity contribution in [2.75, 3.05) is 26.3 Å². The zero-order valence-corrected chi connectivity index (χ0v) is 27.4. The van der Waals surface area contributed by atoms with Gasteiger partial charge in [0.25, 0.3) is 0 Å². The summed E-state index contributed by atoms with van der Waals surface area (Å²) < 4.78 is 21.1. The maximum atomic E-state index is 12.5. The average Bonchev–Trinajstić information content (AvgIpc) is 3.66. The van der Waals surface area contributed by atoms with E-state index >= 15 is 0 Å². The quantitative estimate of drug-likeness (QED) is 0.200. The fraction of sp³-hybridized carbons (Fsp3) is 0.529. The minimum atomic E-state index is -0.784. The molecule has 1 aromatic carbocycles. The first kappa shape index (κ1) is 36.0. The molecule has 0 bridgehead atoms. The highest BCUT2D eigenvalue weighted by molar-refractivity contribution is 5.97. The lowest BCUT2D eigenvalue weighted by Gasteiger charge is -2.27. The van der Waals surface area contributed by atoms with E-state index in [1.807, 2.05) is 0 Å². The number of amides is 2. The monoisotopic (exact) mass is 640 g/mol. The maximum absolute atomic E-state index is 12.5. The molecule has 0 aliphatic carbocycles. The third-order valence-corrected chi connectivity index (χ3v) is 6.88. The van der Waals surface area contributed by atoms with E-state index < -0.39 is 72.2 Å². The van der Waals surface area contributed by atoms with Crippen molar-refractivity contribution in [1.82, 2.24) is 9.80 Å². The van der Waals surface area contributed by atoms with Crippen LogP contribution < -0.4 is 0 Å². The van der Waals surface area contributed by atoms with Gasteiger partial charge >= 0.3 is 24.1 Å². The molecule has 2 amide bonds. The van der Waals surface area contributed by atoms with Crippen molar-refractivity contribution >= 4 is 47.8 Å². The van der Waals surface area contributed by atoms with E-state index in [1.165, 1.54) is 22.0 Å². The number of benzene rings is 1. The van der Waals surface area contributed by atoms with Gasteiger partial charge in [0.2, 0.25) is 0 Å². The molecule has 2 heterocycles. The standard InChI is InChI=1S/C34H44N2O10/c1-33(2,3)45-31(41)35-19-7-9-27(35)29(39)43-21-25(37)17-15-23-11-13-24(14-12-23)16-18-26(38)22-44-30(40)28-10-8-20-36(28)32(42)46-34(4,5)6/h11-18,27-28H,7-10,19-22H2,1-6H3/b17-15+,18-16+/t27-,28-/m0/s1. The van der Waals surface area contributed by atoms with Crippen LogP contribution in [0.2, 0.25) is 0 Å². The third kappa shape index (κ3) is 11.5. The first-order valence-electron chi connectivity index (χ1n) is 15.4. The number of carbonyl (C=O) groups is 6. The molecule has 0 saturated carbocycles. The van der Waals surface area contributed by atoms with Gasteiger partial charge in [0.15, 0.2) is 24.8 Å². The Bertz CT molecular complexity index is 1250. The summed E-state index contributed by atoms with van der Waals surface area (Å²) in [6.45, 7) is 10.3. The van der Waals surface area contributed by atoms with Crippen LogP contribution in [0.4, 0.5) is 9.59 Å². The summed E-state index contributed by atoms with van der Waals surface area (Å²) in [4.78, 5) is 77.2. The van der Waals surface area contributed by atoms with Crippen LogP contribution in [0.15, 0.2) is 36.4 Å². The molecule has 46 heavy (non-hydrogen) atoms. The second-order valence-electron chi connectivity index (χ2n) is 13.1. The number of ketones is 2. The molecule has 0 unspecified atom stereocenters. The number of hydrogen-bond acceptors (Lipinski definition) is 10. The highest BCUT2D eigenvalue weighted by Crippen LogP contribution is 2.23. The van der Waals surface area contributed by atoms with E-state index in [1.54, 1.807) is 78.0 Å². The molecule has 0 spiro atoms. The number of rotatable bonds is 10. The molecular weight excluding hydrogens is 596 g/mol. The van der Waals surface area contributed by atoms with Crippen LogP contribution in [-0.4, -0.2) is 95.1 Å². The zero-order valence-electron chi connectivity index (χ0n) is 27.4. The fourth-order valence-corrected chi connectivity index (χ4v) is 4.77. The van der Waals surface area contributed by atoms with Crippen molar-refractivity contribution in [2.45, 2.75) is 90.5 Å². The number of hydrogen-bond donors (Lipinski definition) is 0. The fourth-order valence-electron chi connectivity index (χ4n) is 4.77. The summed E-state index contributed by atoms with van der Waals surface area (Å²) in [5.41, 5.74) is 0.0225. The van der Waals surface area contributed by atoms with Crippen molar-refractivity contribution in [1.29, 1.82) is 0 Å². The van der Waals surface area contributed by atoms with Gasteiger partial charge in [0.05, 0.1) is 0 Å². The van der Waals surface area contributed by atoms with Crippen LogP contribution in [0.5, 0.6) is 0 Å². The molecule has 2 aliphatic heterocycles. The van der Waals surface area contributed by atoms with E-state index in [2.05, 4.69) is 0 Å². The van der Waals surface area contributed by atoms with Crippen LogP contribution in [0, 0.1) is 0 Å². The van der Waals surface area contributed by atoms with Gasteiger partial charge in [-0.15, -0.1) is 0 Å². The summed E-state index contributed by atoms with van der Waals surface area (Å²) in [5.74, 6) is -2.14. The van der Waals surface area contributed by atoms with E-state index in [9.17, 15) is 28.8 Å². The van der Waals surface area contributed by atoms with Crippen LogP contribution in [-0.2, 0) is 38.1 Å². The topological polar surface area (TPSA) is 146 Å². The van der Waals surface area contributed by atoms with Gasteiger partial charge in [-0.2, -0.15) is 0 Å². The second-order valence-corrected chi connectivity index (χ2v) is 13.1. The first-order chi connectivity index (χ1) is 21.5. The minimum absolute atomic E-state index is 0.381. The number of nitrogens with zero attached hydrogens (tertiary/aromatic N) is 2. The molecule has 2 fully saturated rings. The normalized spacial score (nSPS) is 18.6.